The van der Waals surface area contributed by atoms with Gasteiger partial charge in [-0.05, 0) is 54.0 Å². The lowest BCUT2D eigenvalue weighted by Crippen LogP contribution is -2.50. The minimum Gasteiger partial charge on any atom is -0.481 e. The molecule has 4 rings (SSSR count). The summed E-state index contributed by atoms with van der Waals surface area (Å²) in [6, 6.07) is 12.6. The van der Waals surface area contributed by atoms with E-state index in [0.717, 1.165) is 17.2 Å². The van der Waals surface area contributed by atoms with Crippen LogP contribution < -0.4 is 4.72 Å². The van der Waals surface area contributed by atoms with Crippen LogP contribution in [0.15, 0.2) is 47.4 Å². The number of aliphatic carboxylic acids is 1. The third-order valence-corrected chi connectivity index (χ3v) is 7.00. The molecular formula is C18H19NO4S. The molecule has 24 heavy (non-hydrogen) atoms. The molecule has 2 aromatic rings. The lowest BCUT2D eigenvalue weighted by atomic mass is 9.72. The number of fused-ring (bicyclic) bond motifs is 2. The highest BCUT2D eigenvalue weighted by atomic mass is 32.2. The highest BCUT2D eigenvalue weighted by molar-refractivity contribution is 7.89. The summed E-state index contributed by atoms with van der Waals surface area (Å²) < 4.78 is 28.1. The van der Waals surface area contributed by atoms with Gasteiger partial charge in [-0.2, -0.15) is 0 Å². The fraction of sp³-hybridized carbons (Fsp3) is 0.389. The first-order valence-corrected chi connectivity index (χ1v) is 9.66. The second-order valence-electron chi connectivity index (χ2n) is 6.90. The molecule has 2 fully saturated rings. The summed E-state index contributed by atoms with van der Waals surface area (Å²) in [5.74, 6) is -0.590. The summed E-state index contributed by atoms with van der Waals surface area (Å²) in [4.78, 5) is 11.4. The Balaban J connectivity index is 1.52. The molecule has 2 aliphatic carbocycles. The summed E-state index contributed by atoms with van der Waals surface area (Å²) in [6.45, 7) is 0. The molecular weight excluding hydrogens is 326 g/mol. The summed E-state index contributed by atoms with van der Waals surface area (Å²) in [5.41, 5.74) is 0. The van der Waals surface area contributed by atoms with E-state index in [1.165, 1.54) is 0 Å². The molecule has 2 saturated carbocycles. The maximum Gasteiger partial charge on any atom is 0.306 e. The van der Waals surface area contributed by atoms with Crippen molar-refractivity contribution in [1.29, 1.82) is 0 Å². The summed E-state index contributed by atoms with van der Waals surface area (Å²) >= 11 is 0. The average Bonchev–Trinajstić information content (AvgIpc) is 2.90. The van der Waals surface area contributed by atoms with Crippen molar-refractivity contribution in [2.75, 3.05) is 0 Å². The van der Waals surface area contributed by atoms with E-state index in [-0.39, 0.29) is 22.8 Å². The van der Waals surface area contributed by atoms with E-state index in [4.69, 9.17) is 5.11 Å². The van der Waals surface area contributed by atoms with Crippen LogP contribution in [0.2, 0.25) is 0 Å². The van der Waals surface area contributed by atoms with Gasteiger partial charge < -0.3 is 5.11 Å². The Hall–Kier alpha value is -1.92. The first-order valence-electron chi connectivity index (χ1n) is 8.18. The summed E-state index contributed by atoms with van der Waals surface area (Å²) in [7, 11) is -3.59. The molecule has 0 bridgehead atoms. The van der Waals surface area contributed by atoms with Crippen LogP contribution in [0.5, 0.6) is 0 Å². The van der Waals surface area contributed by atoms with Gasteiger partial charge in [-0.15, -0.1) is 0 Å². The van der Waals surface area contributed by atoms with Crippen molar-refractivity contribution in [3.05, 3.63) is 42.5 Å². The van der Waals surface area contributed by atoms with Crippen LogP contribution in [0.25, 0.3) is 10.8 Å². The number of hydrogen-bond donors (Lipinski definition) is 2. The fourth-order valence-corrected chi connectivity index (χ4v) is 5.50. The smallest absolute Gasteiger partial charge is 0.306 e. The van der Waals surface area contributed by atoms with Gasteiger partial charge in [0.1, 0.15) is 0 Å². The highest BCUT2D eigenvalue weighted by Crippen LogP contribution is 2.50. The molecule has 2 N–H and O–H groups in total. The van der Waals surface area contributed by atoms with Crippen LogP contribution in [-0.4, -0.2) is 25.5 Å². The molecule has 6 heteroatoms. The van der Waals surface area contributed by atoms with E-state index in [9.17, 15) is 13.2 Å². The number of carbonyl (C=O) groups is 1. The molecule has 0 aliphatic heterocycles. The van der Waals surface area contributed by atoms with E-state index < -0.39 is 16.0 Å². The zero-order valence-corrected chi connectivity index (χ0v) is 13.9. The molecule has 2 aliphatic rings. The van der Waals surface area contributed by atoms with Gasteiger partial charge in [0.05, 0.1) is 10.8 Å². The third-order valence-electron chi connectivity index (χ3n) is 5.51. The van der Waals surface area contributed by atoms with Crippen LogP contribution >= 0.6 is 0 Å². The van der Waals surface area contributed by atoms with Crippen molar-refractivity contribution in [1.82, 2.24) is 4.72 Å². The average molecular weight is 345 g/mol. The monoisotopic (exact) mass is 345 g/mol. The zero-order chi connectivity index (χ0) is 16.9. The van der Waals surface area contributed by atoms with Crippen LogP contribution in [0.1, 0.15) is 19.3 Å². The van der Waals surface area contributed by atoms with Crippen LogP contribution in [0.3, 0.4) is 0 Å². The Morgan fingerprint density at radius 2 is 1.79 bits per heavy atom. The second kappa shape index (κ2) is 5.57. The molecule has 1 unspecified atom stereocenters. The maximum atomic E-state index is 12.7. The van der Waals surface area contributed by atoms with E-state index in [1.807, 2.05) is 30.3 Å². The molecule has 4 atom stereocenters. The molecule has 0 aromatic heterocycles. The van der Waals surface area contributed by atoms with Crippen molar-refractivity contribution >= 4 is 26.8 Å². The quantitative estimate of drug-likeness (QED) is 0.892. The lowest BCUT2D eigenvalue weighted by Gasteiger charge is -2.40. The fourth-order valence-electron chi connectivity index (χ4n) is 4.17. The molecule has 5 nitrogen and oxygen atoms in total. The summed E-state index contributed by atoms with van der Waals surface area (Å²) in [5, 5.41) is 11.0. The Morgan fingerprint density at radius 1 is 1.04 bits per heavy atom. The Morgan fingerprint density at radius 3 is 2.54 bits per heavy atom. The van der Waals surface area contributed by atoms with Crippen LogP contribution in [0.4, 0.5) is 0 Å². The van der Waals surface area contributed by atoms with Crippen molar-refractivity contribution in [3.63, 3.8) is 0 Å². The second-order valence-corrected chi connectivity index (χ2v) is 8.62. The number of rotatable bonds is 4. The van der Waals surface area contributed by atoms with Crippen LogP contribution in [-0.2, 0) is 14.8 Å². The van der Waals surface area contributed by atoms with E-state index in [2.05, 4.69) is 4.72 Å². The van der Waals surface area contributed by atoms with E-state index in [1.54, 1.807) is 12.1 Å². The minimum absolute atomic E-state index is 0.143. The number of hydrogen-bond acceptors (Lipinski definition) is 3. The zero-order valence-electron chi connectivity index (χ0n) is 13.1. The van der Waals surface area contributed by atoms with Gasteiger partial charge in [0.15, 0.2) is 0 Å². The van der Waals surface area contributed by atoms with Crippen molar-refractivity contribution < 1.29 is 18.3 Å². The SMILES string of the molecule is O=C(O)C1C[C@@H]2C[C@H](NS(=O)(=O)c3ccc4ccccc4c3)[C@@H]2C1. The van der Waals surface area contributed by atoms with E-state index >= 15 is 0 Å². The topological polar surface area (TPSA) is 83.5 Å². The first-order chi connectivity index (χ1) is 11.4. The Bertz CT molecular complexity index is 908. The van der Waals surface area contributed by atoms with Gasteiger partial charge in [0, 0.05) is 6.04 Å². The molecule has 0 heterocycles. The minimum atomic E-state index is -3.59. The van der Waals surface area contributed by atoms with Gasteiger partial charge in [0.2, 0.25) is 10.0 Å². The van der Waals surface area contributed by atoms with Crippen LogP contribution in [0, 0.1) is 17.8 Å². The van der Waals surface area contributed by atoms with Gasteiger partial charge in [-0.3, -0.25) is 4.79 Å². The lowest BCUT2D eigenvalue weighted by molar-refractivity contribution is -0.141. The number of carboxylic acid groups (broad SMARTS) is 1. The first kappa shape index (κ1) is 15.6. The van der Waals surface area contributed by atoms with Gasteiger partial charge in [-0.25, -0.2) is 13.1 Å². The summed E-state index contributed by atoms with van der Waals surface area (Å²) in [6.07, 6.45) is 1.99. The molecule has 0 spiro atoms. The molecule has 0 saturated heterocycles. The van der Waals surface area contributed by atoms with E-state index in [0.29, 0.717) is 18.8 Å². The predicted octanol–water partition coefficient (Wildman–Crippen LogP) is 2.62. The molecule has 2 aromatic carbocycles. The van der Waals surface area contributed by atoms with Gasteiger partial charge in [-0.1, -0.05) is 30.3 Å². The molecule has 0 amide bonds. The highest BCUT2D eigenvalue weighted by Gasteiger charge is 2.50. The standard InChI is InChI=1S/C18H19NO4S/c20-18(21)14-7-13-10-17(16(13)9-14)19-24(22,23)15-6-5-11-3-1-2-4-12(11)8-15/h1-6,8,13-14,16-17,19H,7,9-10H2,(H,20,21)/t13-,14?,16-,17+/m1/s1. The number of benzene rings is 2. The van der Waals surface area contributed by atoms with Gasteiger partial charge >= 0.3 is 5.97 Å². The van der Waals surface area contributed by atoms with Crippen molar-refractivity contribution in [2.45, 2.75) is 30.2 Å². The molecule has 126 valence electrons. The number of sulfonamides is 1. The third kappa shape index (κ3) is 2.59. The maximum absolute atomic E-state index is 12.7. The Kier molecular flexibility index (Phi) is 3.62. The molecule has 0 radical (unpaired) electrons. The Labute approximate surface area is 140 Å². The number of carboxylic acids is 1. The number of nitrogens with one attached hydrogen (secondary N) is 1. The van der Waals surface area contributed by atoms with Crippen molar-refractivity contribution in [2.24, 2.45) is 17.8 Å². The largest absolute Gasteiger partial charge is 0.481 e. The van der Waals surface area contributed by atoms with Gasteiger partial charge in [0.25, 0.3) is 0 Å². The predicted molar refractivity (Wildman–Crippen MR) is 90.0 cm³/mol. The normalized spacial score (nSPS) is 29.2. The van der Waals surface area contributed by atoms with Crippen molar-refractivity contribution in [3.8, 4) is 0 Å².